The van der Waals surface area contributed by atoms with Crippen molar-refractivity contribution in [3.05, 3.63) is 47.8 Å². The van der Waals surface area contributed by atoms with E-state index in [0.29, 0.717) is 16.8 Å². The van der Waals surface area contributed by atoms with Gasteiger partial charge in [0.15, 0.2) is 18.1 Å². The largest absolute Gasteiger partial charge is 1.00 e. The number of hydrogen-bond acceptors (Lipinski definition) is 2. The quantitative estimate of drug-likeness (QED) is 0.504. The highest BCUT2D eigenvalue weighted by molar-refractivity contribution is 5.55. The molecule has 3 nitrogen and oxygen atoms in total. The van der Waals surface area contributed by atoms with E-state index in [1.807, 2.05) is 30.6 Å². The lowest BCUT2D eigenvalue weighted by Gasteiger charge is -2.07. The molecular formula is C13H14ClNO2. The molecule has 2 N–H and O–H groups in total. The maximum atomic E-state index is 10.0. The number of halogens is 1. The molecule has 2 aromatic rings. The molecule has 0 aliphatic heterocycles. The Balaban J connectivity index is 0.00000144. The molecule has 2 rings (SSSR count). The van der Waals surface area contributed by atoms with E-state index < -0.39 is 0 Å². The molecule has 0 aliphatic carbocycles. The predicted octanol–water partition coefficient (Wildman–Crippen LogP) is -1.00. The van der Waals surface area contributed by atoms with Gasteiger partial charge >= 0.3 is 0 Å². The van der Waals surface area contributed by atoms with Crippen molar-refractivity contribution in [3.8, 4) is 17.2 Å². The Morgan fingerprint density at radius 1 is 0.941 bits per heavy atom. The molecular weight excluding hydrogens is 238 g/mol. The van der Waals surface area contributed by atoms with Crippen LogP contribution in [-0.2, 0) is 0 Å². The van der Waals surface area contributed by atoms with Crippen LogP contribution in [0.5, 0.6) is 11.5 Å². The van der Waals surface area contributed by atoms with Gasteiger partial charge in [0.2, 0.25) is 0 Å². The number of rotatable bonds is 1. The fraction of sp³-hybridized carbons (Fsp3) is 0.154. The van der Waals surface area contributed by atoms with Crippen molar-refractivity contribution < 1.29 is 27.2 Å². The Bertz CT molecular complexity index is 527. The number of hydrogen-bond donors (Lipinski definition) is 2. The highest BCUT2D eigenvalue weighted by Gasteiger charge is 2.18. The summed E-state index contributed by atoms with van der Waals surface area (Å²) < 4.78 is 1.77. The first-order chi connectivity index (χ1) is 7.61. The lowest BCUT2D eigenvalue weighted by Crippen LogP contribution is -3.00. The molecule has 4 heteroatoms. The Hall–Kier alpha value is -1.74. The molecule has 17 heavy (non-hydrogen) atoms. The number of nitrogens with zero attached hydrogens (tertiary/aromatic N) is 1. The second-order valence-corrected chi connectivity index (χ2v) is 3.80. The van der Waals surface area contributed by atoms with Crippen molar-refractivity contribution in [1.82, 2.24) is 0 Å². The second-order valence-electron chi connectivity index (χ2n) is 3.80. The van der Waals surface area contributed by atoms with Crippen LogP contribution in [-0.4, -0.2) is 10.2 Å². The molecule has 0 unspecified atom stereocenters. The fourth-order valence-electron chi connectivity index (χ4n) is 1.62. The van der Waals surface area contributed by atoms with Crippen LogP contribution in [0.2, 0.25) is 0 Å². The zero-order valence-electron chi connectivity index (χ0n) is 9.68. The number of phenols is 2. The zero-order valence-corrected chi connectivity index (χ0v) is 10.4. The van der Waals surface area contributed by atoms with E-state index in [1.54, 1.807) is 24.5 Å². The van der Waals surface area contributed by atoms with E-state index in [-0.39, 0.29) is 23.9 Å². The fourth-order valence-corrected chi connectivity index (χ4v) is 1.62. The van der Waals surface area contributed by atoms with Crippen LogP contribution in [0.3, 0.4) is 0 Å². The number of aromatic nitrogens is 1. The van der Waals surface area contributed by atoms with E-state index in [0.717, 1.165) is 0 Å². The second kappa shape index (κ2) is 5.06. The highest BCUT2D eigenvalue weighted by Crippen LogP contribution is 2.31. The Morgan fingerprint density at radius 3 is 2.12 bits per heavy atom. The topological polar surface area (TPSA) is 44.3 Å². The third kappa shape index (κ3) is 2.34. The molecule has 1 heterocycles. The smallest absolute Gasteiger partial charge is 0.256 e. The first kappa shape index (κ1) is 13.3. The van der Waals surface area contributed by atoms with Gasteiger partial charge in [0.05, 0.1) is 6.07 Å². The minimum absolute atomic E-state index is 0. The summed E-state index contributed by atoms with van der Waals surface area (Å²) in [4.78, 5) is 0. The van der Waals surface area contributed by atoms with E-state index in [4.69, 9.17) is 0 Å². The summed E-state index contributed by atoms with van der Waals surface area (Å²) in [7, 11) is 0. The molecule has 1 aromatic heterocycles. The van der Waals surface area contributed by atoms with Gasteiger partial charge in [0.25, 0.3) is 5.69 Å². The van der Waals surface area contributed by atoms with Gasteiger partial charge in [-0.25, -0.2) is 0 Å². The molecule has 0 bridgehead atoms. The molecule has 0 radical (unpaired) electrons. The van der Waals surface area contributed by atoms with Crippen molar-refractivity contribution in [2.45, 2.75) is 13.8 Å². The maximum Gasteiger partial charge on any atom is 0.256 e. The van der Waals surface area contributed by atoms with Gasteiger partial charge in [0, 0.05) is 17.7 Å². The van der Waals surface area contributed by atoms with Crippen molar-refractivity contribution in [2.24, 2.45) is 0 Å². The summed E-state index contributed by atoms with van der Waals surface area (Å²) in [5.74, 6) is 0.396. The minimum atomic E-state index is 0. The molecule has 90 valence electrons. The van der Waals surface area contributed by atoms with Crippen LogP contribution < -0.4 is 17.0 Å². The monoisotopic (exact) mass is 251 g/mol. The van der Waals surface area contributed by atoms with Crippen molar-refractivity contribution >= 4 is 0 Å². The van der Waals surface area contributed by atoms with Gasteiger partial charge in [0.1, 0.15) is 5.75 Å². The first-order valence-electron chi connectivity index (χ1n) is 5.10. The SMILES string of the molecule is Cc1c(O)cc(-[n+]2ccccc2)c(O)c1C.[Cl-]. The van der Waals surface area contributed by atoms with Crippen LogP contribution >= 0.6 is 0 Å². The third-order valence-electron chi connectivity index (χ3n) is 2.81. The van der Waals surface area contributed by atoms with Gasteiger partial charge in [-0.1, -0.05) is 6.07 Å². The Kier molecular flexibility index (Phi) is 3.97. The van der Waals surface area contributed by atoms with Crippen molar-refractivity contribution in [1.29, 1.82) is 0 Å². The Morgan fingerprint density at radius 2 is 1.53 bits per heavy atom. The molecule has 0 amide bonds. The van der Waals surface area contributed by atoms with Gasteiger partial charge in [-0.2, -0.15) is 4.57 Å². The van der Waals surface area contributed by atoms with E-state index in [2.05, 4.69) is 0 Å². The number of aromatic hydroxyl groups is 2. The number of pyridine rings is 1. The third-order valence-corrected chi connectivity index (χ3v) is 2.81. The lowest BCUT2D eigenvalue weighted by molar-refractivity contribution is -0.596. The first-order valence-corrected chi connectivity index (χ1v) is 5.10. The zero-order chi connectivity index (χ0) is 11.7. The maximum absolute atomic E-state index is 10.0. The van der Waals surface area contributed by atoms with Gasteiger partial charge in [-0.3, -0.25) is 0 Å². The average molecular weight is 252 g/mol. The van der Waals surface area contributed by atoms with Crippen LogP contribution in [0.25, 0.3) is 5.69 Å². The van der Waals surface area contributed by atoms with E-state index >= 15 is 0 Å². The van der Waals surface area contributed by atoms with Gasteiger partial charge < -0.3 is 22.6 Å². The minimum Gasteiger partial charge on any atom is -1.00 e. The van der Waals surface area contributed by atoms with Crippen LogP contribution in [0.1, 0.15) is 11.1 Å². The molecule has 1 aromatic carbocycles. The average Bonchev–Trinajstić information content (AvgIpc) is 2.32. The lowest BCUT2D eigenvalue weighted by atomic mass is 10.1. The Labute approximate surface area is 106 Å². The van der Waals surface area contributed by atoms with Crippen LogP contribution in [0.15, 0.2) is 36.7 Å². The molecule has 0 fully saturated rings. The number of benzene rings is 1. The summed E-state index contributed by atoms with van der Waals surface area (Å²) >= 11 is 0. The summed E-state index contributed by atoms with van der Waals surface area (Å²) in [6, 6.07) is 7.20. The van der Waals surface area contributed by atoms with Crippen LogP contribution in [0.4, 0.5) is 0 Å². The van der Waals surface area contributed by atoms with Crippen molar-refractivity contribution in [3.63, 3.8) is 0 Å². The number of phenolic OH excluding ortho intramolecular Hbond substituents is 2. The summed E-state index contributed by atoms with van der Waals surface area (Å²) in [6.07, 6.45) is 3.65. The molecule has 0 spiro atoms. The highest BCUT2D eigenvalue weighted by atomic mass is 35.5. The van der Waals surface area contributed by atoms with E-state index in [1.165, 1.54) is 0 Å². The standard InChI is InChI=1S/C13H13NO2.ClH/c1-9-10(2)13(16)11(8-12(9)15)14-6-4-3-5-7-14;/h3-8H,1-2H3,(H-,15,16);1H. The van der Waals surface area contributed by atoms with Gasteiger partial charge in [-0.05, 0) is 19.4 Å². The predicted molar refractivity (Wildman–Crippen MR) is 60.8 cm³/mol. The summed E-state index contributed by atoms with van der Waals surface area (Å²) in [5.41, 5.74) is 1.99. The van der Waals surface area contributed by atoms with Gasteiger partial charge in [-0.15, -0.1) is 0 Å². The summed E-state index contributed by atoms with van der Waals surface area (Å²) in [5, 5.41) is 19.8. The molecule has 0 aliphatic rings. The van der Waals surface area contributed by atoms with E-state index in [9.17, 15) is 10.2 Å². The van der Waals surface area contributed by atoms with Crippen molar-refractivity contribution in [2.75, 3.05) is 0 Å². The molecule has 0 saturated carbocycles. The summed E-state index contributed by atoms with van der Waals surface area (Å²) in [6.45, 7) is 3.57. The normalized spacial score (nSPS) is 9.76. The van der Waals surface area contributed by atoms with Crippen LogP contribution in [0, 0.1) is 13.8 Å². The molecule has 0 saturated heterocycles. The molecule has 0 atom stereocenters.